The van der Waals surface area contributed by atoms with Crippen molar-refractivity contribution in [2.45, 2.75) is 16.7 Å². The van der Waals surface area contributed by atoms with Gasteiger partial charge in [0.25, 0.3) is 0 Å². The van der Waals surface area contributed by atoms with Gasteiger partial charge < -0.3 is 4.74 Å². The number of hydrogen-bond acceptors (Lipinski definition) is 6. The third-order valence-electron chi connectivity index (χ3n) is 2.62. The molecule has 0 amide bonds. The van der Waals surface area contributed by atoms with Gasteiger partial charge in [-0.05, 0) is 31.2 Å². The zero-order valence-electron chi connectivity index (χ0n) is 11.9. The zero-order valence-corrected chi connectivity index (χ0v) is 13.6. The van der Waals surface area contributed by atoms with Gasteiger partial charge in [0.05, 0.1) is 16.4 Å². The van der Waals surface area contributed by atoms with Gasteiger partial charge in [0.1, 0.15) is 6.54 Å². The van der Waals surface area contributed by atoms with Crippen molar-refractivity contribution in [2.75, 3.05) is 26.5 Å². The first-order chi connectivity index (χ1) is 9.59. The Kier molecular flexibility index (Phi) is 5.48. The Hall–Kier alpha value is -1.45. The Morgan fingerprint density at radius 2 is 1.57 bits per heavy atom. The van der Waals surface area contributed by atoms with Crippen molar-refractivity contribution in [1.82, 2.24) is 4.31 Å². The molecule has 0 fully saturated rings. The summed E-state index contributed by atoms with van der Waals surface area (Å²) in [5.41, 5.74) is 0. The van der Waals surface area contributed by atoms with Gasteiger partial charge in [-0.2, -0.15) is 4.31 Å². The van der Waals surface area contributed by atoms with E-state index in [4.69, 9.17) is 0 Å². The molecule has 0 saturated carbocycles. The molecule has 1 aromatic carbocycles. The standard InChI is InChI=1S/C12H17NO6S2/c1-4-19-12(14)9-13(2)21(17,18)11-7-5-10(6-8-11)20(3,15)16/h5-8H,4,9H2,1-3H3. The molecule has 0 heterocycles. The summed E-state index contributed by atoms with van der Waals surface area (Å²) in [5, 5.41) is 0. The van der Waals surface area contributed by atoms with Crippen LogP contribution in [-0.4, -0.2) is 53.6 Å². The molecule has 0 bridgehead atoms. The van der Waals surface area contributed by atoms with Crippen LogP contribution in [0.1, 0.15) is 6.92 Å². The summed E-state index contributed by atoms with van der Waals surface area (Å²) in [6.07, 6.45) is 1.03. The topological polar surface area (TPSA) is 97.8 Å². The lowest BCUT2D eigenvalue weighted by Crippen LogP contribution is -2.33. The Bertz CT molecular complexity index is 707. The van der Waals surface area contributed by atoms with Crippen LogP contribution < -0.4 is 0 Å². The van der Waals surface area contributed by atoms with E-state index in [9.17, 15) is 21.6 Å². The Labute approximate surface area is 124 Å². The molecule has 0 aliphatic rings. The van der Waals surface area contributed by atoms with E-state index in [1.165, 1.54) is 31.3 Å². The first kappa shape index (κ1) is 17.6. The molecule has 7 nitrogen and oxygen atoms in total. The maximum Gasteiger partial charge on any atom is 0.321 e. The molecule has 0 aromatic heterocycles. The Balaban J connectivity index is 3.00. The van der Waals surface area contributed by atoms with Crippen LogP contribution in [0.4, 0.5) is 0 Å². The van der Waals surface area contributed by atoms with Crippen molar-refractivity contribution in [3.05, 3.63) is 24.3 Å². The van der Waals surface area contributed by atoms with E-state index < -0.39 is 32.4 Å². The Morgan fingerprint density at radius 1 is 1.10 bits per heavy atom. The summed E-state index contributed by atoms with van der Waals surface area (Å²) in [6.45, 7) is 1.37. The van der Waals surface area contributed by atoms with Gasteiger partial charge in [-0.1, -0.05) is 0 Å². The van der Waals surface area contributed by atoms with Crippen LogP contribution in [0, 0.1) is 0 Å². The normalized spacial score (nSPS) is 12.4. The van der Waals surface area contributed by atoms with Crippen LogP contribution in [0.25, 0.3) is 0 Å². The van der Waals surface area contributed by atoms with Gasteiger partial charge in [0, 0.05) is 13.3 Å². The molecule has 0 saturated heterocycles. The monoisotopic (exact) mass is 335 g/mol. The largest absolute Gasteiger partial charge is 0.465 e. The van der Waals surface area contributed by atoms with Gasteiger partial charge in [-0.15, -0.1) is 0 Å². The number of hydrogen-bond donors (Lipinski definition) is 0. The molecule has 0 aliphatic carbocycles. The van der Waals surface area contributed by atoms with E-state index in [-0.39, 0.29) is 16.4 Å². The maximum atomic E-state index is 12.2. The predicted molar refractivity (Wildman–Crippen MR) is 76.0 cm³/mol. The second-order valence-corrected chi connectivity index (χ2v) is 8.37. The number of nitrogens with zero attached hydrogens (tertiary/aromatic N) is 1. The molecule has 1 rings (SSSR count). The van der Waals surface area contributed by atoms with Gasteiger partial charge >= 0.3 is 5.97 Å². The van der Waals surface area contributed by atoms with Gasteiger partial charge in [0.2, 0.25) is 10.0 Å². The first-order valence-corrected chi connectivity index (χ1v) is 9.34. The van der Waals surface area contributed by atoms with Crippen LogP contribution in [0.2, 0.25) is 0 Å². The molecule has 0 aliphatic heterocycles. The van der Waals surface area contributed by atoms with Crippen LogP contribution in [-0.2, 0) is 29.4 Å². The van der Waals surface area contributed by atoms with Crippen molar-refractivity contribution in [1.29, 1.82) is 0 Å². The highest BCUT2D eigenvalue weighted by Gasteiger charge is 2.23. The fraction of sp³-hybridized carbons (Fsp3) is 0.417. The second-order valence-electron chi connectivity index (χ2n) is 4.31. The van der Waals surface area contributed by atoms with Crippen molar-refractivity contribution < 1.29 is 26.4 Å². The lowest BCUT2D eigenvalue weighted by atomic mass is 10.4. The number of sulfonamides is 1. The lowest BCUT2D eigenvalue weighted by molar-refractivity contribution is -0.143. The molecule has 118 valence electrons. The molecule has 0 unspecified atom stereocenters. The number of esters is 1. The molecule has 9 heteroatoms. The van der Waals surface area contributed by atoms with Crippen molar-refractivity contribution in [3.63, 3.8) is 0 Å². The zero-order chi connectivity index (χ0) is 16.3. The molecule has 1 aromatic rings. The van der Waals surface area contributed by atoms with Crippen LogP contribution >= 0.6 is 0 Å². The van der Waals surface area contributed by atoms with E-state index >= 15 is 0 Å². The number of ether oxygens (including phenoxy) is 1. The quantitative estimate of drug-likeness (QED) is 0.692. The third kappa shape index (κ3) is 4.51. The number of benzene rings is 1. The fourth-order valence-electron chi connectivity index (χ4n) is 1.51. The average molecular weight is 335 g/mol. The summed E-state index contributed by atoms with van der Waals surface area (Å²) in [5.74, 6) is -0.656. The molecule has 0 radical (unpaired) electrons. The van der Waals surface area contributed by atoms with Gasteiger partial charge in [-0.3, -0.25) is 4.79 Å². The predicted octanol–water partition coefficient (Wildman–Crippen LogP) is 0.274. The minimum absolute atomic E-state index is 0.0227. The smallest absolute Gasteiger partial charge is 0.321 e. The fourth-order valence-corrected chi connectivity index (χ4v) is 3.26. The highest BCUT2D eigenvalue weighted by atomic mass is 32.2. The lowest BCUT2D eigenvalue weighted by Gasteiger charge is -2.16. The summed E-state index contributed by atoms with van der Waals surface area (Å²) >= 11 is 0. The first-order valence-electron chi connectivity index (χ1n) is 6.01. The number of carbonyl (C=O) groups excluding carboxylic acids is 1. The molecular weight excluding hydrogens is 318 g/mol. The Morgan fingerprint density at radius 3 is 2.00 bits per heavy atom. The summed E-state index contributed by atoms with van der Waals surface area (Å²) in [7, 11) is -6.02. The van der Waals surface area contributed by atoms with E-state index in [0.29, 0.717) is 0 Å². The molecular formula is C12H17NO6S2. The van der Waals surface area contributed by atoms with Crippen LogP contribution in [0.3, 0.4) is 0 Å². The van der Waals surface area contributed by atoms with Crippen molar-refractivity contribution in [3.8, 4) is 0 Å². The molecule has 0 atom stereocenters. The van der Waals surface area contributed by atoms with Crippen LogP contribution in [0.5, 0.6) is 0 Å². The van der Waals surface area contributed by atoms with Crippen molar-refractivity contribution in [2.24, 2.45) is 0 Å². The number of rotatable bonds is 6. The molecule has 0 N–H and O–H groups in total. The third-order valence-corrected chi connectivity index (χ3v) is 5.56. The van der Waals surface area contributed by atoms with Gasteiger partial charge in [-0.25, -0.2) is 16.8 Å². The summed E-state index contributed by atoms with van der Waals surface area (Å²) < 4.78 is 52.6. The highest BCUT2D eigenvalue weighted by molar-refractivity contribution is 7.90. The summed E-state index contributed by atoms with van der Waals surface area (Å²) in [6, 6.07) is 4.79. The average Bonchev–Trinajstić information content (AvgIpc) is 2.38. The van der Waals surface area contributed by atoms with E-state index in [0.717, 1.165) is 10.6 Å². The number of sulfone groups is 1. The second kappa shape index (κ2) is 6.54. The van der Waals surface area contributed by atoms with E-state index in [2.05, 4.69) is 4.74 Å². The minimum atomic E-state index is -3.88. The number of likely N-dealkylation sites (N-methyl/N-ethyl adjacent to an activating group) is 1. The van der Waals surface area contributed by atoms with Crippen molar-refractivity contribution >= 4 is 25.8 Å². The van der Waals surface area contributed by atoms with E-state index in [1.807, 2.05) is 0 Å². The van der Waals surface area contributed by atoms with E-state index in [1.54, 1.807) is 6.92 Å². The molecule has 21 heavy (non-hydrogen) atoms. The highest BCUT2D eigenvalue weighted by Crippen LogP contribution is 2.17. The number of carbonyl (C=O) groups is 1. The van der Waals surface area contributed by atoms with Crippen LogP contribution in [0.15, 0.2) is 34.1 Å². The SMILES string of the molecule is CCOC(=O)CN(C)S(=O)(=O)c1ccc(S(C)(=O)=O)cc1. The summed E-state index contributed by atoms with van der Waals surface area (Å²) in [4.78, 5) is 11.2. The molecule has 0 spiro atoms. The maximum absolute atomic E-state index is 12.2. The van der Waals surface area contributed by atoms with Gasteiger partial charge in [0.15, 0.2) is 9.84 Å². The minimum Gasteiger partial charge on any atom is -0.465 e.